The van der Waals surface area contributed by atoms with Gasteiger partial charge in [0.15, 0.2) is 0 Å². The molecule has 4 aliphatic carbocycles. The molecule has 0 amide bonds. The van der Waals surface area contributed by atoms with Crippen molar-refractivity contribution in [3.8, 4) is 0 Å². The molecule has 0 heterocycles. The Kier molecular flexibility index (Phi) is 5.63. The van der Waals surface area contributed by atoms with Crippen molar-refractivity contribution in [2.45, 2.75) is 104 Å². The van der Waals surface area contributed by atoms with Gasteiger partial charge in [-0.05, 0) is 107 Å². The molecular formula is C26H42O. The van der Waals surface area contributed by atoms with E-state index >= 15 is 0 Å². The van der Waals surface area contributed by atoms with Gasteiger partial charge in [0.05, 0.1) is 5.60 Å². The number of ether oxygens (including phenoxy) is 1. The zero-order valence-electron chi connectivity index (χ0n) is 18.4. The van der Waals surface area contributed by atoms with Crippen molar-refractivity contribution in [2.24, 2.45) is 29.1 Å². The standard InChI is InChI=1S/C26H42O/c1-5-14-26-16-13-22-21-12-15-25(4,27-17-6-2)18-19(21)8-10-23(22)24(26)11-9-20(26)7-3/h7,18,21-24H,5-6,8-17H2,1-4H3/b20-7-/t21?,22-,23?,24-,25+,26+/m1/s1. The number of hydrogen-bond acceptors (Lipinski definition) is 1. The molecule has 27 heavy (non-hydrogen) atoms. The summed E-state index contributed by atoms with van der Waals surface area (Å²) in [5.41, 5.74) is 4.20. The summed E-state index contributed by atoms with van der Waals surface area (Å²) in [7, 11) is 0. The van der Waals surface area contributed by atoms with Gasteiger partial charge < -0.3 is 4.74 Å². The Balaban J connectivity index is 1.56. The average Bonchev–Trinajstić information content (AvgIpc) is 3.04. The van der Waals surface area contributed by atoms with Crippen LogP contribution in [0.15, 0.2) is 23.3 Å². The van der Waals surface area contributed by atoms with E-state index in [1.807, 2.05) is 5.57 Å². The number of rotatable bonds is 5. The van der Waals surface area contributed by atoms with Crippen LogP contribution in [0.1, 0.15) is 98.3 Å². The SMILES string of the molecule is C/C=C1/CC[C@@H]2C3CCC4=C[C@@](C)(OCCC)CCC4[C@H]3CC[C@@]12CCC. The summed E-state index contributed by atoms with van der Waals surface area (Å²) in [6.07, 6.45) is 20.2. The molecule has 0 saturated heterocycles. The molecule has 3 saturated carbocycles. The molecular weight excluding hydrogens is 328 g/mol. The highest BCUT2D eigenvalue weighted by atomic mass is 16.5. The van der Waals surface area contributed by atoms with Crippen molar-refractivity contribution in [1.29, 1.82) is 0 Å². The normalized spacial score (nSPS) is 45.2. The highest BCUT2D eigenvalue weighted by molar-refractivity contribution is 5.28. The fraction of sp³-hybridized carbons (Fsp3) is 0.846. The lowest BCUT2D eigenvalue weighted by atomic mass is 9.50. The second-order valence-corrected chi connectivity index (χ2v) is 10.3. The van der Waals surface area contributed by atoms with Gasteiger partial charge in [-0.3, -0.25) is 0 Å². The molecule has 0 bridgehead atoms. The van der Waals surface area contributed by atoms with E-state index in [9.17, 15) is 0 Å². The van der Waals surface area contributed by atoms with E-state index < -0.39 is 0 Å². The first-order valence-electron chi connectivity index (χ1n) is 12.1. The molecule has 0 radical (unpaired) electrons. The Labute approximate surface area is 168 Å². The van der Waals surface area contributed by atoms with Gasteiger partial charge in [0.25, 0.3) is 0 Å². The number of fused-ring (bicyclic) bond motifs is 5. The van der Waals surface area contributed by atoms with Crippen LogP contribution in [0.3, 0.4) is 0 Å². The lowest BCUT2D eigenvalue weighted by molar-refractivity contribution is -0.0351. The Morgan fingerprint density at radius 2 is 1.89 bits per heavy atom. The average molecular weight is 371 g/mol. The van der Waals surface area contributed by atoms with Crippen LogP contribution in [0.4, 0.5) is 0 Å². The fourth-order valence-electron chi connectivity index (χ4n) is 7.97. The van der Waals surface area contributed by atoms with Gasteiger partial charge in [-0.2, -0.15) is 0 Å². The van der Waals surface area contributed by atoms with E-state index in [0.717, 1.165) is 36.7 Å². The molecule has 3 fully saturated rings. The van der Waals surface area contributed by atoms with Gasteiger partial charge in [-0.1, -0.05) is 43.6 Å². The van der Waals surface area contributed by atoms with Crippen LogP contribution in [0.2, 0.25) is 0 Å². The molecule has 1 heteroatoms. The van der Waals surface area contributed by atoms with Crippen LogP contribution in [-0.2, 0) is 4.74 Å². The maximum Gasteiger partial charge on any atom is 0.0837 e. The van der Waals surface area contributed by atoms with E-state index in [2.05, 4.69) is 39.8 Å². The van der Waals surface area contributed by atoms with Crippen LogP contribution in [0.25, 0.3) is 0 Å². The Morgan fingerprint density at radius 1 is 1.04 bits per heavy atom. The minimum absolute atomic E-state index is 0.0147. The topological polar surface area (TPSA) is 9.23 Å². The molecule has 0 spiro atoms. The van der Waals surface area contributed by atoms with Crippen molar-refractivity contribution in [3.05, 3.63) is 23.3 Å². The molecule has 0 aromatic heterocycles. The third kappa shape index (κ3) is 3.26. The zero-order chi connectivity index (χ0) is 19.1. The van der Waals surface area contributed by atoms with Gasteiger partial charge in [-0.25, -0.2) is 0 Å². The third-order valence-electron chi connectivity index (χ3n) is 8.95. The summed E-state index contributed by atoms with van der Waals surface area (Å²) in [6.45, 7) is 10.2. The molecule has 152 valence electrons. The minimum atomic E-state index is 0.0147. The van der Waals surface area contributed by atoms with Crippen LogP contribution < -0.4 is 0 Å². The molecule has 4 aliphatic rings. The number of hydrogen-bond donors (Lipinski definition) is 0. The molecule has 2 unspecified atom stereocenters. The summed E-state index contributed by atoms with van der Waals surface area (Å²) in [4.78, 5) is 0. The van der Waals surface area contributed by atoms with Gasteiger partial charge in [-0.15, -0.1) is 0 Å². The lowest BCUT2D eigenvalue weighted by Gasteiger charge is -2.55. The van der Waals surface area contributed by atoms with Gasteiger partial charge in [0.1, 0.15) is 0 Å². The van der Waals surface area contributed by atoms with E-state index in [0.29, 0.717) is 5.41 Å². The van der Waals surface area contributed by atoms with Crippen LogP contribution in [0, 0.1) is 29.1 Å². The van der Waals surface area contributed by atoms with Gasteiger partial charge >= 0.3 is 0 Å². The Bertz CT molecular complexity index is 601. The molecule has 0 aromatic carbocycles. The van der Waals surface area contributed by atoms with E-state index in [1.54, 1.807) is 5.57 Å². The maximum absolute atomic E-state index is 6.27. The second kappa shape index (κ2) is 7.69. The summed E-state index contributed by atoms with van der Waals surface area (Å²) < 4.78 is 6.27. The van der Waals surface area contributed by atoms with Crippen molar-refractivity contribution in [1.82, 2.24) is 0 Å². The van der Waals surface area contributed by atoms with Crippen LogP contribution in [-0.4, -0.2) is 12.2 Å². The Hall–Kier alpha value is -0.560. The van der Waals surface area contributed by atoms with E-state index in [4.69, 9.17) is 4.74 Å². The summed E-state index contributed by atoms with van der Waals surface area (Å²) in [6, 6.07) is 0. The van der Waals surface area contributed by atoms with Crippen molar-refractivity contribution < 1.29 is 4.74 Å². The van der Waals surface area contributed by atoms with Crippen molar-refractivity contribution in [3.63, 3.8) is 0 Å². The second-order valence-electron chi connectivity index (χ2n) is 10.3. The molecule has 0 aromatic rings. The minimum Gasteiger partial charge on any atom is -0.371 e. The van der Waals surface area contributed by atoms with E-state index in [-0.39, 0.29) is 5.60 Å². The van der Waals surface area contributed by atoms with Crippen molar-refractivity contribution >= 4 is 0 Å². The van der Waals surface area contributed by atoms with Crippen molar-refractivity contribution in [2.75, 3.05) is 6.61 Å². The lowest BCUT2D eigenvalue weighted by Crippen LogP contribution is -2.47. The first-order valence-corrected chi connectivity index (χ1v) is 12.1. The third-order valence-corrected chi connectivity index (χ3v) is 8.95. The molecule has 6 atom stereocenters. The van der Waals surface area contributed by atoms with Crippen LogP contribution >= 0.6 is 0 Å². The van der Waals surface area contributed by atoms with Crippen LogP contribution in [0.5, 0.6) is 0 Å². The van der Waals surface area contributed by atoms with Gasteiger partial charge in [0, 0.05) is 6.61 Å². The largest absolute Gasteiger partial charge is 0.371 e. The predicted octanol–water partition coefficient (Wildman–Crippen LogP) is 7.47. The highest BCUT2D eigenvalue weighted by Gasteiger charge is 2.56. The first kappa shape index (κ1) is 19.7. The highest BCUT2D eigenvalue weighted by Crippen LogP contribution is 2.65. The summed E-state index contributed by atoms with van der Waals surface area (Å²) in [5.74, 6) is 3.81. The summed E-state index contributed by atoms with van der Waals surface area (Å²) in [5, 5.41) is 0. The first-order chi connectivity index (χ1) is 13.1. The zero-order valence-corrected chi connectivity index (χ0v) is 18.4. The molecule has 4 rings (SSSR count). The Morgan fingerprint density at radius 3 is 2.63 bits per heavy atom. The summed E-state index contributed by atoms with van der Waals surface area (Å²) >= 11 is 0. The predicted molar refractivity (Wildman–Crippen MR) is 115 cm³/mol. The molecule has 0 N–H and O–H groups in total. The quantitative estimate of drug-likeness (QED) is 0.456. The fourth-order valence-corrected chi connectivity index (χ4v) is 7.97. The van der Waals surface area contributed by atoms with Gasteiger partial charge in [0.2, 0.25) is 0 Å². The maximum atomic E-state index is 6.27. The number of allylic oxidation sites excluding steroid dienone is 3. The monoisotopic (exact) mass is 370 g/mol. The smallest absolute Gasteiger partial charge is 0.0837 e. The molecule has 1 nitrogen and oxygen atoms in total. The molecule has 0 aliphatic heterocycles. The van der Waals surface area contributed by atoms with E-state index in [1.165, 1.54) is 64.2 Å².